The number of pyridine rings is 1. The Morgan fingerprint density at radius 1 is 1.26 bits per heavy atom. The second-order valence-electron chi connectivity index (χ2n) is 4.49. The number of fused-ring (bicyclic) bond motifs is 1. The van der Waals surface area contributed by atoms with Gasteiger partial charge in [-0.3, -0.25) is 4.98 Å². The molecule has 19 heavy (non-hydrogen) atoms. The summed E-state index contributed by atoms with van der Waals surface area (Å²) in [4.78, 5) is 4.31. The topological polar surface area (TPSA) is 60.2 Å². The van der Waals surface area contributed by atoms with Gasteiger partial charge in [-0.2, -0.15) is 0 Å². The lowest BCUT2D eigenvalue weighted by Gasteiger charge is -2.11. The van der Waals surface area contributed by atoms with Crippen LogP contribution in [0.1, 0.15) is 19.8 Å². The first-order chi connectivity index (χ1) is 9.33. The molecule has 0 amide bonds. The smallest absolute Gasteiger partial charge is 0.0951 e. The number of benzene rings is 1. The minimum Gasteiger partial charge on any atom is -0.397 e. The molecule has 0 saturated heterocycles. The molecule has 2 rings (SSSR count). The molecule has 4 nitrogen and oxygen atoms in total. The summed E-state index contributed by atoms with van der Waals surface area (Å²) in [6.07, 6.45) is 4.05. The lowest BCUT2D eigenvalue weighted by Crippen LogP contribution is -2.10. The van der Waals surface area contributed by atoms with Crippen LogP contribution in [-0.2, 0) is 4.74 Å². The Morgan fingerprint density at radius 3 is 3.00 bits per heavy atom. The Bertz CT molecular complexity index is 528. The fourth-order valence-electron chi connectivity index (χ4n) is 1.95. The molecule has 4 heteroatoms. The van der Waals surface area contributed by atoms with Crippen LogP contribution < -0.4 is 11.1 Å². The van der Waals surface area contributed by atoms with Gasteiger partial charge in [0.1, 0.15) is 0 Å². The Labute approximate surface area is 114 Å². The summed E-state index contributed by atoms with van der Waals surface area (Å²) < 4.78 is 5.53. The zero-order chi connectivity index (χ0) is 13.5. The highest BCUT2D eigenvalue weighted by Crippen LogP contribution is 2.26. The molecule has 1 heterocycles. The number of unbranched alkanes of at least 4 members (excludes halogenated alkanes) is 1. The van der Waals surface area contributed by atoms with E-state index in [2.05, 4.69) is 17.2 Å². The van der Waals surface area contributed by atoms with Crippen LogP contribution in [0, 0.1) is 0 Å². The van der Waals surface area contributed by atoms with Gasteiger partial charge in [0.25, 0.3) is 0 Å². The van der Waals surface area contributed by atoms with Gasteiger partial charge in [-0.25, -0.2) is 0 Å². The van der Waals surface area contributed by atoms with Crippen LogP contribution in [0.4, 0.5) is 11.4 Å². The number of nitrogens with two attached hydrogens (primary N) is 1. The molecule has 0 radical (unpaired) electrons. The van der Waals surface area contributed by atoms with Crippen molar-refractivity contribution in [2.75, 3.05) is 30.8 Å². The van der Waals surface area contributed by atoms with E-state index < -0.39 is 0 Å². The van der Waals surface area contributed by atoms with Gasteiger partial charge in [-0.15, -0.1) is 0 Å². The summed E-state index contributed by atoms with van der Waals surface area (Å²) in [5.74, 6) is 0. The SMILES string of the molecule is CCCCOCCNc1ccc(N)c2ncccc12. The number of hydrogen-bond donors (Lipinski definition) is 2. The maximum Gasteiger partial charge on any atom is 0.0951 e. The van der Waals surface area contributed by atoms with Crippen molar-refractivity contribution in [2.24, 2.45) is 0 Å². The van der Waals surface area contributed by atoms with Crippen LogP contribution in [0.15, 0.2) is 30.5 Å². The van der Waals surface area contributed by atoms with Crippen molar-refractivity contribution >= 4 is 22.3 Å². The molecule has 0 bridgehead atoms. The van der Waals surface area contributed by atoms with Gasteiger partial charge in [0.15, 0.2) is 0 Å². The zero-order valence-electron chi connectivity index (χ0n) is 11.4. The molecule has 0 unspecified atom stereocenters. The van der Waals surface area contributed by atoms with Gasteiger partial charge in [0, 0.05) is 30.4 Å². The first kappa shape index (κ1) is 13.6. The van der Waals surface area contributed by atoms with Gasteiger partial charge >= 0.3 is 0 Å². The maximum absolute atomic E-state index is 5.92. The minimum atomic E-state index is 0.709. The van der Waals surface area contributed by atoms with Crippen LogP contribution in [0.25, 0.3) is 10.9 Å². The standard InChI is InChI=1S/C15H21N3O/c1-2-3-10-19-11-9-17-14-7-6-13(16)15-12(14)5-4-8-18-15/h4-8,17H,2-3,9-11,16H2,1H3. The van der Waals surface area contributed by atoms with E-state index in [0.717, 1.165) is 36.2 Å². The first-order valence-electron chi connectivity index (χ1n) is 6.77. The normalized spacial score (nSPS) is 10.8. The molecule has 3 N–H and O–H groups in total. The predicted molar refractivity (Wildman–Crippen MR) is 80.4 cm³/mol. The number of ether oxygens (including phenoxy) is 1. The number of nitrogen functional groups attached to an aromatic ring is 1. The molecule has 2 aromatic rings. The highest BCUT2D eigenvalue weighted by molar-refractivity contribution is 5.98. The Morgan fingerprint density at radius 2 is 2.16 bits per heavy atom. The summed E-state index contributed by atoms with van der Waals surface area (Å²) >= 11 is 0. The van der Waals surface area contributed by atoms with E-state index >= 15 is 0 Å². The lowest BCUT2D eigenvalue weighted by atomic mass is 10.1. The molecular formula is C15H21N3O. The predicted octanol–water partition coefficient (Wildman–Crippen LogP) is 3.05. The molecule has 102 valence electrons. The molecule has 0 aliphatic carbocycles. The second kappa shape index (κ2) is 6.95. The summed E-state index contributed by atoms with van der Waals surface area (Å²) in [7, 11) is 0. The highest BCUT2D eigenvalue weighted by Gasteiger charge is 2.03. The van der Waals surface area contributed by atoms with Crippen molar-refractivity contribution in [1.29, 1.82) is 0 Å². The molecule has 0 spiro atoms. The third kappa shape index (κ3) is 3.58. The van der Waals surface area contributed by atoms with E-state index in [-0.39, 0.29) is 0 Å². The molecule has 1 aromatic heterocycles. The minimum absolute atomic E-state index is 0.709. The average Bonchev–Trinajstić information content (AvgIpc) is 2.45. The Kier molecular flexibility index (Phi) is 4.98. The van der Waals surface area contributed by atoms with Crippen LogP contribution in [0.2, 0.25) is 0 Å². The molecule has 0 aliphatic heterocycles. The quantitative estimate of drug-likeness (QED) is 0.592. The van der Waals surface area contributed by atoms with Crippen LogP contribution >= 0.6 is 0 Å². The van der Waals surface area contributed by atoms with Crippen molar-refractivity contribution in [3.63, 3.8) is 0 Å². The van der Waals surface area contributed by atoms with Gasteiger partial charge in [-0.1, -0.05) is 13.3 Å². The van der Waals surface area contributed by atoms with Gasteiger partial charge in [0.2, 0.25) is 0 Å². The van der Waals surface area contributed by atoms with Crippen LogP contribution in [-0.4, -0.2) is 24.7 Å². The average molecular weight is 259 g/mol. The third-order valence-corrected chi connectivity index (χ3v) is 3.00. The van der Waals surface area contributed by atoms with Crippen molar-refractivity contribution in [3.05, 3.63) is 30.5 Å². The molecule has 0 aliphatic rings. The van der Waals surface area contributed by atoms with Gasteiger partial charge in [-0.05, 0) is 30.7 Å². The fraction of sp³-hybridized carbons (Fsp3) is 0.400. The summed E-state index contributed by atoms with van der Waals surface area (Å²) in [6.45, 7) is 4.50. The van der Waals surface area contributed by atoms with E-state index in [1.54, 1.807) is 6.20 Å². The number of anilines is 2. The second-order valence-corrected chi connectivity index (χ2v) is 4.49. The zero-order valence-corrected chi connectivity index (χ0v) is 11.4. The van der Waals surface area contributed by atoms with E-state index in [4.69, 9.17) is 10.5 Å². The number of aromatic nitrogens is 1. The molecular weight excluding hydrogens is 238 g/mol. The van der Waals surface area contributed by atoms with Gasteiger partial charge in [0.05, 0.1) is 17.8 Å². The van der Waals surface area contributed by atoms with Crippen molar-refractivity contribution in [2.45, 2.75) is 19.8 Å². The molecule has 0 fully saturated rings. The van der Waals surface area contributed by atoms with Gasteiger partial charge < -0.3 is 15.8 Å². The van der Waals surface area contributed by atoms with Crippen LogP contribution in [0.3, 0.4) is 0 Å². The summed E-state index contributed by atoms with van der Waals surface area (Å²) in [5.41, 5.74) is 8.53. The Balaban J connectivity index is 1.96. The molecule has 0 atom stereocenters. The number of nitrogens with zero attached hydrogens (tertiary/aromatic N) is 1. The number of nitrogens with one attached hydrogen (secondary N) is 1. The van der Waals surface area contributed by atoms with E-state index in [0.29, 0.717) is 12.3 Å². The van der Waals surface area contributed by atoms with E-state index in [1.165, 1.54) is 6.42 Å². The summed E-state index contributed by atoms with van der Waals surface area (Å²) in [5, 5.41) is 4.42. The van der Waals surface area contributed by atoms with Crippen molar-refractivity contribution in [1.82, 2.24) is 4.98 Å². The number of hydrogen-bond acceptors (Lipinski definition) is 4. The fourth-order valence-corrected chi connectivity index (χ4v) is 1.95. The monoisotopic (exact) mass is 259 g/mol. The highest BCUT2D eigenvalue weighted by atomic mass is 16.5. The van der Waals surface area contributed by atoms with Crippen LogP contribution in [0.5, 0.6) is 0 Å². The van der Waals surface area contributed by atoms with E-state index in [9.17, 15) is 0 Å². The molecule has 1 aromatic carbocycles. The lowest BCUT2D eigenvalue weighted by molar-refractivity contribution is 0.141. The number of rotatable bonds is 7. The molecule has 0 saturated carbocycles. The van der Waals surface area contributed by atoms with E-state index in [1.807, 2.05) is 24.3 Å². The largest absolute Gasteiger partial charge is 0.397 e. The third-order valence-electron chi connectivity index (χ3n) is 3.00. The van der Waals surface area contributed by atoms with Crippen molar-refractivity contribution < 1.29 is 4.74 Å². The maximum atomic E-state index is 5.92. The summed E-state index contributed by atoms with van der Waals surface area (Å²) in [6, 6.07) is 7.82. The Hall–Kier alpha value is -1.81. The van der Waals surface area contributed by atoms with Crippen molar-refractivity contribution in [3.8, 4) is 0 Å². The first-order valence-corrected chi connectivity index (χ1v) is 6.77.